The lowest BCUT2D eigenvalue weighted by Gasteiger charge is -2.54. The molecule has 3 aliphatic heterocycles. The highest BCUT2D eigenvalue weighted by Gasteiger charge is 2.61. The molecule has 0 amide bonds. The van der Waals surface area contributed by atoms with Gasteiger partial charge in [-0.05, 0) is 38.5 Å². The predicted octanol–water partition coefficient (Wildman–Crippen LogP) is 4.82. The van der Waals surface area contributed by atoms with Crippen molar-refractivity contribution in [2.24, 2.45) is 0 Å². The van der Waals surface area contributed by atoms with E-state index < -0.39 is 65.0 Å². The van der Waals surface area contributed by atoms with Crippen molar-refractivity contribution in [1.82, 2.24) is 15.0 Å². The van der Waals surface area contributed by atoms with Crippen LogP contribution in [0.2, 0.25) is 0 Å². The van der Waals surface area contributed by atoms with E-state index in [-0.39, 0.29) is 30.0 Å². The Hall–Kier alpha value is -2.97. The third kappa shape index (κ3) is 4.79. The van der Waals surface area contributed by atoms with Crippen LogP contribution in [0.1, 0.15) is 38.3 Å². The first-order valence-corrected chi connectivity index (χ1v) is 12.8. The molecule has 0 bridgehead atoms. The van der Waals surface area contributed by atoms with E-state index in [0.29, 0.717) is 19.4 Å². The Morgan fingerprint density at radius 3 is 2.50 bits per heavy atom. The van der Waals surface area contributed by atoms with E-state index in [1.54, 1.807) is 13.8 Å². The fourth-order valence-electron chi connectivity index (χ4n) is 5.53. The summed E-state index contributed by atoms with van der Waals surface area (Å²) in [6.45, 7) is 3.65. The van der Waals surface area contributed by atoms with E-state index >= 15 is 0 Å². The Morgan fingerprint density at radius 2 is 1.77 bits per heavy atom. The van der Waals surface area contributed by atoms with Gasteiger partial charge in [0.25, 0.3) is 0 Å². The molecule has 3 aromatic rings. The summed E-state index contributed by atoms with van der Waals surface area (Å²) in [4.78, 5) is 0. The van der Waals surface area contributed by atoms with Gasteiger partial charge in [0, 0.05) is 17.5 Å². The van der Waals surface area contributed by atoms with Crippen molar-refractivity contribution in [3.05, 3.63) is 71.2 Å². The minimum absolute atomic E-state index is 0.0150. The van der Waals surface area contributed by atoms with Gasteiger partial charge in [-0.1, -0.05) is 17.3 Å². The lowest BCUT2D eigenvalue weighted by atomic mass is 9.87. The Labute approximate surface area is 225 Å². The zero-order chi connectivity index (χ0) is 28.2. The number of nitrogens with zero attached hydrogens (tertiary/aromatic N) is 3. The molecule has 40 heavy (non-hydrogen) atoms. The smallest absolute Gasteiger partial charge is 0.197 e. The molecule has 5 atom stereocenters. The minimum atomic E-state index is -1.60. The fraction of sp³-hybridized carbons (Fsp3) is 0.481. The summed E-state index contributed by atoms with van der Waals surface area (Å²) in [6.07, 6.45) is 0.147. The first kappa shape index (κ1) is 27.2. The second-order valence-electron chi connectivity index (χ2n) is 10.5. The summed E-state index contributed by atoms with van der Waals surface area (Å²) >= 11 is 0. The average Bonchev–Trinajstić information content (AvgIpc) is 3.58. The van der Waals surface area contributed by atoms with Gasteiger partial charge in [0.1, 0.15) is 30.0 Å². The summed E-state index contributed by atoms with van der Waals surface area (Å²) in [5, 5.41) is 8.27. The van der Waals surface area contributed by atoms with Gasteiger partial charge < -0.3 is 23.7 Å². The van der Waals surface area contributed by atoms with Gasteiger partial charge in [-0.25, -0.2) is 26.6 Å². The first-order valence-electron chi connectivity index (χ1n) is 12.8. The maximum absolute atomic E-state index is 14.5. The number of hydrogen-bond donors (Lipinski definition) is 0. The molecule has 6 rings (SSSR count). The largest absolute Gasteiger partial charge is 0.365 e. The van der Waals surface area contributed by atoms with Gasteiger partial charge in [-0.2, -0.15) is 0 Å². The molecule has 1 aromatic heterocycles. The molecule has 13 heteroatoms. The zero-order valence-corrected chi connectivity index (χ0v) is 21.6. The van der Waals surface area contributed by atoms with Crippen molar-refractivity contribution in [3.63, 3.8) is 0 Å². The molecule has 0 N–H and O–H groups in total. The van der Waals surface area contributed by atoms with Gasteiger partial charge in [0.05, 0.1) is 26.0 Å². The minimum Gasteiger partial charge on any atom is -0.365 e. The van der Waals surface area contributed by atoms with E-state index in [0.717, 1.165) is 18.2 Å². The van der Waals surface area contributed by atoms with Crippen molar-refractivity contribution in [1.29, 1.82) is 0 Å². The van der Waals surface area contributed by atoms with Crippen molar-refractivity contribution >= 4 is 0 Å². The second-order valence-corrected chi connectivity index (χ2v) is 10.5. The molecule has 0 aliphatic carbocycles. The standard InChI is InChI=1S/C27H26F5N3O5/c1-26(2)38-13-20-24(40-26)23(35-11-19(33-34-35)15-9-17(29)22(32)18(30)10-15)25(27(39-20)7-4-8-37-27)36-12-14-5-3-6-16(28)21(14)31/h3,5-6,9-11,20,23-25H,4,7-8,12-13H2,1-2H3/t20-,23+,24+,25-,27+/m1/s1. The predicted molar refractivity (Wildman–Crippen MR) is 127 cm³/mol. The normalized spacial score (nSPS) is 29.6. The number of ether oxygens (including phenoxy) is 5. The van der Waals surface area contributed by atoms with Crippen LogP contribution in [0.5, 0.6) is 0 Å². The van der Waals surface area contributed by atoms with E-state index in [1.165, 1.54) is 23.0 Å². The van der Waals surface area contributed by atoms with Gasteiger partial charge in [0.15, 0.2) is 40.7 Å². The monoisotopic (exact) mass is 567 g/mol. The zero-order valence-electron chi connectivity index (χ0n) is 21.6. The van der Waals surface area contributed by atoms with E-state index in [9.17, 15) is 22.0 Å². The van der Waals surface area contributed by atoms with E-state index in [1.807, 2.05) is 0 Å². The molecule has 1 spiro atoms. The molecule has 214 valence electrons. The van der Waals surface area contributed by atoms with Crippen LogP contribution in [0.3, 0.4) is 0 Å². The number of rotatable bonds is 5. The van der Waals surface area contributed by atoms with Crippen molar-refractivity contribution in [2.75, 3.05) is 13.2 Å². The summed E-state index contributed by atoms with van der Waals surface area (Å²) in [5.41, 5.74) is 0.00730. The molecule has 4 heterocycles. The Balaban J connectivity index is 1.42. The number of benzene rings is 2. The third-order valence-corrected chi connectivity index (χ3v) is 7.37. The number of aromatic nitrogens is 3. The molecule has 8 nitrogen and oxygen atoms in total. The second kappa shape index (κ2) is 10.1. The van der Waals surface area contributed by atoms with Crippen LogP contribution in [-0.4, -0.2) is 58.1 Å². The highest BCUT2D eigenvalue weighted by molar-refractivity contribution is 5.58. The summed E-state index contributed by atoms with van der Waals surface area (Å²) in [5.74, 6) is -8.72. The van der Waals surface area contributed by atoms with Gasteiger partial charge in [-0.15, -0.1) is 5.10 Å². The molecule has 3 aliphatic rings. The molecular weight excluding hydrogens is 541 g/mol. The van der Waals surface area contributed by atoms with Crippen LogP contribution in [0.4, 0.5) is 22.0 Å². The molecular formula is C27H26F5N3O5. The summed E-state index contributed by atoms with van der Waals surface area (Å²) in [6, 6.07) is 4.60. The lowest BCUT2D eigenvalue weighted by molar-refractivity contribution is -0.404. The summed E-state index contributed by atoms with van der Waals surface area (Å²) < 4.78 is 102. The molecule has 0 unspecified atom stereocenters. The van der Waals surface area contributed by atoms with E-state index in [4.69, 9.17) is 23.7 Å². The quantitative estimate of drug-likeness (QED) is 0.323. The topological polar surface area (TPSA) is 76.9 Å². The van der Waals surface area contributed by atoms with Crippen LogP contribution in [-0.2, 0) is 30.3 Å². The molecule has 0 saturated carbocycles. The molecule has 3 fully saturated rings. The van der Waals surface area contributed by atoms with Crippen molar-refractivity contribution < 1.29 is 45.6 Å². The van der Waals surface area contributed by atoms with Crippen LogP contribution in [0.25, 0.3) is 11.3 Å². The highest BCUT2D eigenvalue weighted by Crippen LogP contribution is 2.48. The first-order chi connectivity index (χ1) is 19.1. The van der Waals surface area contributed by atoms with Crippen molar-refractivity contribution in [2.45, 2.75) is 69.2 Å². The van der Waals surface area contributed by atoms with Crippen LogP contribution in [0, 0.1) is 29.1 Å². The Morgan fingerprint density at radius 1 is 1.00 bits per heavy atom. The number of hydrogen-bond acceptors (Lipinski definition) is 7. The van der Waals surface area contributed by atoms with Gasteiger partial charge in [-0.3, -0.25) is 0 Å². The van der Waals surface area contributed by atoms with Gasteiger partial charge in [0.2, 0.25) is 0 Å². The van der Waals surface area contributed by atoms with Crippen LogP contribution < -0.4 is 0 Å². The molecule has 2 aromatic carbocycles. The van der Waals surface area contributed by atoms with E-state index in [2.05, 4.69) is 10.3 Å². The maximum atomic E-state index is 14.5. The Bertz CT molecular complexity index is 1390. The maximum Gasteiger partial charge on any atom is 0.197 e. The molecule has 3 saturated heterocycles. The summed E-state index contributed by atoms with van der Waals surface area (Å²) in [7, 11) is 0. The van der Waals surface area contributed by atoms with Gasteiger partial charge >= 0.3 is 0 Å². The van der Waals surface area contributed by atoms with Crippen molar-refractivity contribution in [3.8, 4) is 11.3 Å². The number of halogens is 5. The van der Waals surface area contributed by atoms with Crippen LogP contribution in [0.15, 0.2) is 36.5 Å². The highest BCUT2D eigenvalue weighted by atomic mass is 19.2. The number of fused-ring (bicyclic) bond motifs is 1. The Kier molecular flexibility index (Phi) is 6.90. The molecule has 0 radical (unpaired) electrons. The SMILES string of the molecule is CC1(C)OC[C@H]2O[C@@]3(CCCO3)[C@H](OCc3cccc(F)c3F)[C@@H](n3cc(-c4cc(F)c(F)c(F)c4)nn3)[C@H]2O1. The fourth-order valence-corrected chi connectivity index (χ4v) is 5.53. The van der Waals surface area contributed by atoms with Crippen LogP contribution >= 0.6 is 0 Å². The average molecular weight is 568 g/mol. The lowest BCUT2D eigenvalue weighted by Crippen LogP contribution is -2.67. The third-order valence-electron chi connectivity index (χ3n) is 7.37.